The SMILES string of the molecule is COc1ccc(OC)c(N2C(=NC(C)=O)S[C@@H]3CS(=O)(=O)C[C@@H]32)c1. The van der Waals surface area contributed by atoms with Gasteiger partial charge in [0.1, 0.15) is 11.5 Å². The van der Waals surface area contributed by atoms with Crippen LogP contribution in [0.25, 0.3) is 0 Å². The van der Waals surface area contributed by atoms with E-state index in [9.17, 15) is 13.2 Å². The van der Waals surface area contributed by atoms with Crippen molar-refractivity contribution < 1.29 is 22.7 Å². The van der Waals surface area contributed by atoms with Crippen LogP contribution in [0.5, 0.6) is 11.5 Å². The monoisotopic (exact) mass is 370 g/mol. The van der Waals surface area contributed by atoms with Gasteiger partial charge in [-0.25, -0.2) is 8.42 Å². The van der Waals surface area contributed by atoms with Crippen molar-refractivity contribution >= 4 is 38.4 Å². The largest absolute Gasteiger partial charge is 0.497 e. The number of hydrogen-bond acceptors (Lipinski definition) is 6. The topological polar surface area (TPSA) is 85.3 Å². The number of carbonyl (C=O) groups excluding carboxylic acids is 1. The number of carbonyl (C=O) groups is 1. The second kappa shape index (κ2) is 6.29. The molecule has 0 aromatic heterocycles. The molecule has 2 aliphatic rings. The van der Waals surface area contributed by atoms with Crippen LogP contribution < -0.4 is 14.4 Å². The zero-order chi connectivity index (χ0) is 17.5. The maximum atomic E-state index is 12.0. The molecule has 1 aromatic rings. The number of benzene rings is 1. The van der Waals surface area contributed by atoms with Crippen molar-refractivity contribution in [3.63, 3.8) is 0 Å². The molecule has 0 saturated carbocycles. The van der Waals surface area contributed by atoms with Crippen LogP contribution in [0.2, 0.25) is 0 Å². The van der Waals surface area contributed by atoms with Gasteiger partial charge in [0.05, 0.1) is 37.5 Å². The highest BCUT2D eigenvalue weighted by Crippen LogP contribution is 2.44. The Labute approximate surface area is 144 Å². The van der Waals surface area contributed by atoms with E-state index in [4.69, 9.17) is 9.47 Å². The van der Waals surface area contributed by atoms with Gasteiger partial charge in [-0.05, 0) is 12.1 Å². The molecular weight excluding hydrogens is 352 g/mol. The minimum atomic E-state index is -3.11. The van der Waals surface area contributed by atoms with Gasteiger partial charge in [0.25, 0.3) is 0 Å². The summed E-state index contributed by atoms with van der Waals surface area (Å²) in [7, 11) is -0.0139. The summed E-state index contributed by atoms with van der Waals surface area (Å²) >= 11 is 1.33. The van der Waals surface area contributed by atoms with E-state index in [0.717, 1.165) is 0 Å². The summed E-state index contributed by atoms with van der Waals surface area (Å²) in [6.45, 7) is 1.37. The van der Waals surface area contributed by atoms with Gasteiger partial charge < -0.3 is 14.4 Å². The highest BCUT2D eigenvalue weighted by Gasteiger charge is 2.50. The average Bonchev–Trinajstić information content (AvgIpc) is 2.96. The third-order valence-electron chi connectivity index (χ3n) is 3.97. The van der Waals surface area contributed by atoms with E-state index in [0.29, 0.717) is 22.4 Å². The standard InChI is InChI=1S/C15H18N2O5S2/c1-9(18)16-15-17(12-7-24(19,20)8-14(12)23-15)11-6-10(21-2)4-5-13(11)22-3/h4-6,12,14H,7-8H2,1-3H3/t12-,14+/m0/s1. The van der Waals surface area contributed by atoms with E-state index in [-0.39, 0.29) is 28.7 Å². The van der Waals surface area contributed by atoms with Gasteiger partial charge in [-0.1, -0.05) is 11.8 Å². The molecule has 0 radical (unpaired) electrons. The Morgan fingerprint density at radius 3 is 2.67 bits per heavy atom. The van der Waals surface area contributed by atoms with Crippen LogP contribution in [0.3, 0.4) is 0 Å². The number of amides is 1. The lowest BCUT2D eigenvalue weighted by Crippen LogP contribution is -2.37. The summed E-state index contributed by atoms with van der Waals surface area (Å²) in [4.78, 5) is 17.4. The Bertz CT molecular complexity index is 806. The summed E-state index contributed by atoms with van der Waals surface area (Å²) < 4.78 is 34.7. The van der Waals surface area contributed by atoms with Crippen molar-refractivity contribution in [2.45, 2.75) is 18.2 Å². The van der Waals surface area contributed by atoms with Crippen molar-refractivity contribution in [2.24, 2.45) is 4.99 Å². The number of anilines is 1. The van der Waals surface area contributed by atoms with E-state index < -0.39 is 9.84 Å². The van der Waals surface area contributed by atoms with Crippen molar-refractivity contribution in [2.75, 3.05) is 30.6 Å². The summed E-state index contributed by atoms with van der Waals surface area (Å²) in [6, 6.07) is 5.00. The molecule has 0 N–H and O–H groups in total. The maximum Gasteiger partial charge on any atom is 0.244 e. The predicted molar refractivity (Wildman–Crippen MR) is 94.0 cm³/mol. The molecule has 0 aliphatic carbocycles. The lowest BCUT2D eigenvalue weighted by Gasteiger charge is -2.26. The second-order valence-corrected chi connectivity index (χ2v) is 8.98. The Morgan fingerprint density at radius 1 is 1.29 bits per heavy atom. The van der Waals surface area contributed by atoms with Crippen molar-refractivity contribution in [3.05, 3.63) is 18.2 Å². The Morgan fingerprint density at radius 2 is 2.04 bits per heavy atom. The molecule has 3 rings (SSSR count). The molecule has 130 valence electrons. The smallest absolute Gasteiger partial charge is 0.244 e. The van der Waals surface area contributed by atoms with E-state index >= 15 is 0 Å². The quantitative estimate of drug-likeness (QED) is 0.793. The molecule has 0 bridgehead atoms. The van der Waals surface area contributed by atoms with E-state index in [1.54, 1.807) is 37.3 Å². The van der Waals surface area contributed by atoms with Crippen LogP contribution in [-0.2, 0) is 14.6 Å². The molecule has 1 amide bonds. The first-order valence-electron chi connectivity index (χ1n) is 7.32. The number of hydrogen-bond donors (Lipinski definition) is 0. The van der Waals surface area contributed by atoms with E-state index in [1.165, 1.54) is 18.7 Å². The first-order chi connectivity index (χ1) is 11.3. The number of fused-ring (bicyclic) bond motifs is 1. The van der Waals surface area contributed by atoms with Gasteiger partial charge in [0.15, 0.2) is 15.0 Å². The van der Waals surface area contributed by atoms with Crippen molar-refractivity contribution in [1.29, 1.82) is 0 Å². The lowest BCUT2D eigenvalue weighted by molar-refractivity contribution is -0.115. The number of thioether (sulfide) groups is 1. The fourth-order valence-electron chi connectivity index (χ4n) is 2.97. The highest BCUT2D eigenvalue weighted by atomic mass is 32.2. The van der Waals surface area contributed by atoms with Crippen LogP contribution in [0.4, 0.5) is 5.69 Å². The number of amidine groups is 1. The first-order valence-corrected chi connectivity index (χ1v) is 10.0. The Hall–Kier alpha value is -1.74. The average molecular weight is 370 g/mol. The number of methoxy groups -OCH3 is 2. The molecule has 2 fully saturated rings. The molecular formula is C15H18N2O5S2. The molecule has 0 spiro atoms. The Balaban J connectivity index is 2.12. The second-order valence-electron chi connectivity index (χ2n) is 5.62. The van der Waals surface area contributed by atoms with Gasteiger partial charge in [-0.2, -0.15) is 4.99 Å². The lowest BCUT2D eigenvalue weighted by atomic mass is 10.2. The van der Waals surface area contributed by atoms with Gasteiger partial charge >= 0.3 is 0 Å². The highest BCUT2D eigenvalue weighted by molar-refractivity contribution is 8.16. The third-order valence-corrected chi connectivity index (χ3v) is 7.17. The number of nitrogens with zero attached hydrogens (tertiary/aromatic N) is 2. The molecule has 0 unspecified atom stereocenters. The molecule has 7 nitrogen and oxygen atoms in total. The van der Waals surface area contributed by atoms with Crippen molar-refractivity contribution in [3.8, 4) is 11.5 Å². The summed E-state index contributed by atoms with van der Waals surface area (Å²) in [5.41, 5.74) is 0.647. The fraction of sp³-hybridized carbons (Fsp3) is 0.467. The molecule has 2 heterocycles. The molecule has 2 saturated heterocycles. The normalized spacial score (nSPS) is 26.5. The number of aliphatic imine (C=N–C) groups is 1. The summed E-state index contributed by atoms with van der Waals surface area (Å²) in [6.07, 6.45) is 0. The first kappa shape index (κ1) is 17.1. The van der Waals surface area contributed by atoms with Gasteiger partial charge in [-0.15, -0.1) is 0 Å². The predicted octanol–water partition coefficient (Wildman–Crippen LogP) is 1.33. The van der Waals surface area contributed by atoms with Crippen molar-refractivity contribution in [1.82, 2.24) is 0 Å². The zero-order valence-corrected chi connectivity index (χ0v) is 15.2. The van der Waals surface area contributed by atoms with Gasteiger partial charge in [0.2, 0.25) is 5.91 Å². The molecule has 24 heavy (non-hydrogen) atoms. The number of rotatable bonds is 3. The minimum absolute atomic E-state index is 0.0297. The summed E-state index contributed by atoms with van der Waals surface area (Å²) in [5.74, 6) is 0.969. The molecule has 2 aliphatic heterocycles. The third kappa shape index (κ3) is 3.10. The van der Waals surface area contributed by atoms with E-state index in [1.807, 2.05) is 0 Å². The van der Waals surface area contributed by atoms with Crippen LogP contribution >= 0.6 is 11.8 Å². The maximum absolute atomic E-state index is 12.0. The van der Waals surface area contributed by atoms with Crippen LogP contribution in [0.15, 0.2) is 23.2 Å². The molecule has 1 aromatic carbocycles. The zero-order valence-electron chi connectivity index (χ0n) is 13.6. The molecule has 2 atom stereocenters. The van der Waals surface area contributed by atoms with E-state index in [2.05, 4.69) is 4.99 Å². The Kier molecular flexibility index (Phi) is 4.48. The molecule has 9 heteroatoms. The fourth-order valence-corrected chi connectivity index (χ4v) is 6.92. The number of ether oxygens (including phenoxy) is 2. The summed E-state index contributed by atoms with van der Waals surface area (Å²) in [5, 5.41) is 0.350. The number of sulfone groups is 1. The van der Waals surface area contributed by atoms with Gasteiger partial charge in [-0.3, -0.25) is 4.79 Å². The van der Waals surface area contributed by atoms with Crippen LogP contribution in [0, 0.1) is 0 Å². The van der Waals surface area contributed by atoms with Crippen LogP contribution in [0.1, 0.15) is 6.92 Å². The minimum Gasteiger partial charge on any atom is -0.497 e. The van der Waals surface area contributed by atoms with Crippen LogP contribution in [-0.4, -0.2) is 56.5 Å². The van der Waals surface area contributed by atoms with Gasteiger partial charge in [0, 0.05) is 18.2 Å².